The van der Waals surface area contributed by atoms with Crippen LogP contribution in [0.3, 0.4) is 0 Å². The highest BCUT2D eigenvalue weighted by molar-refractivity contribution is 9.10. The summed E-state index contributed by atoms with van der Waals surface area (Å²) in [7, 11) is 0. The molecule has 2 aromatic carbocycles. The zero-order chi connectivity index (χ0) is 22.4. The van der Waals surface area contributed by atoms with Crippen LogP contribution in [-0.4, -0.2) is 28.2 Å². The normalized spacial score (nSPS) is 12.6. The third kappa shape index (κ3) is 6.25. The maximum absolute atomic E-state index is 12.9. The minimum atomic E-state index is -0.744. The van der Waals surface area contributed by atoms with Gasteiger partial charge in [0.05, 0.1) is 5.69 Å². The van der Waals surface area contributed by atoms with Gasteiger partial charge in [0, 0.05) is 15.1 Å². The van der Waals surface area contributed by atoms with Crippen molar-refractivity contribution >= 4 is 61.6 Å². The molecule has 0 fully saturated rings. The van der Waals surface area contributed by atoms with Crippen LogP contribution in [0.1, 0.15) is 20.3 Å². The molecule has 2 unspecified atom stereocenters. The number of aromatic nitrogens is 2. The van der Waals surface area contributed by atoms with E-state index in [2.05, 4.69) is 42.1 Å². The van der Waals surface area contributed by atoms with Crippen molar-refractivity contribution in [2.45, 2.75) is 26.3 Å². The van der Waals surface area contributed by atoms with E-state index in [9.17, 15) is 9.59 Å². The Morgan fingerprint density at radius 2 is 1.90 bits per heavy atom. The van der Waals surface area contributed by atoms with E-state index >= 15 is 0 Å². The van der Waals surface area contributed by atoms with Gasteiger partial charge >= 0.3 is 6.03 Å². The van der Waals surface area contributed by atoms with Gasteiger partial charge in [-0.15, -0.1) is 10.2 Å². The number of hydrogen-bond donors (Lipinski definition) is 3. The third-order valence-corrected chi connectivity index (χ3v) is 6.45. The number of halogens is 2. The Balaban J connectivity index is 1.69. The van der Waals surface area contributed by atoms with Crippen molar-refractivity contribution in [1.29, 1.82) is 0 Å². The van der Waals surface area contributed by atoms with Gasteiger partial charge in [-0.05, 0) is 46.1 Å². The summed E-state index contributed by atoms with van der Waals surface area (Å²) in [6.45, 7) is 3.86. The molecule has 3 aromatic rings. The molecule has 2 atom stereocenters. The van der Waals surface area contributed by atoms with Crippen molar-refractivity contribution in [3.8, 4) is 10.6 Å². The van der Waals surface area contributed by atoms with E-state index in [1.165, 1.54) is 11.3 Å². The van der Waals surface area contributed by atoms with E-state index in [4.69, 9.17) is 11.6 Å². The van der Waals surface area contributed by atoms with Crippen molar-refractivity contribution in [1.82, 2.24) is 15.5 Å². The molecule has 0 spiro atoms. The number of para-hydroxylation sites is 1. The van der Waals surface area contributed by atoms with Gasteiger partial charge in [0.25, 0.3) is 0 Å². The molecule has 1 aromatic heterocycles. The molecule has 3 amide bonds. The molecule has 0 radical (unpaired) electrons. The maximum Gasteiger partial charge on any atom is 0.319 e. The molecule has 10 heteroatoms. The molecule has 0 saturated carbocycles. The zero-order valence-electron chi connectivity index (χ0n) is 16.9. The van der Waals surface area contributed by atoms with Gasteiger partial charge in [0.1, 0.15) is 11.0 Å². The SMILES string of the molecule is CCC(C)C(NC(=O)Nc1ccccc1Br)C(=O)Nc1nnc(-c2cccc(Cl)c2)s1. The topological polar surface area (TPSA) is 96.0 Å². The number of benzene rings is 2. The Morgan fingerprint density at radius 3 is 2.61 bits per heavy atom. The molecule has 0 aliphatic carbocycles. The molecule has 1 heterocycles. The quantitative estimate of drug-likeness (QED) is 0.366. The number of amides is 3. The first-order chi connectivity index (χ1) is 14.9. The van der Waals surface area contributed by atoms with Crippen LogP contribution >= 0.6 is 38.9 Å². The highest BCUT2D eigenvalue weighted by Gasteiger charge is 2.27. The van der Waals surface area contributed by atoms with Crippen LogP contribution < -0.4 is 16.0 Å². The maximum atomic E-state index is 12.9. The summed E-state index contributed by atoms with van der Waals surface area (Å²) in [4.78, 5) is 25.4. The Bertz CT molecular complexity index is 1080. The molecule has 3 N–H and O–H groups in total. The fourth-order valence-electron chi connectivity index (χ4n) is 2.76. The minimum absolute atomic E-state index is 0.0923. The second-order valence-electron chi connectivity index (χ2n) is 6.85. The van der Waals surface area contributed by atoms with Gasteiger partial charge in [-0.3, -0.25) is 10.1 Å². The van der Waals surface area contributed by atoms with E-state index in [1.807, 2.05) is 44.2 Å². The Hall–Kier alpha value is -2.49. The lowest BCUT2D eigenvalue weighted by molar-refractivity contribution is -0.119. The predicted octanol–water partition coefficient (Wildman–Crippen LogP) is 5.80. The molecular formula is C21H21BrClN5O2S. The first kappa shape index (κ1) is 23.2. The average molecular weight is 523 g/mol. The van der Waals surface area contributed by atoms with E-state index in [0.29, 0.717) is 27.3 Å². The molecule has 0 bridgehead atoms. The van der Waals surface area contributed by atoms with Crippen molar-refractivity contribution in [3.05, 3.63) is 58.0 Å². The number of carbonyl (C=O) groups is 2. The van der Waals surface area contributed by atoms with Crippen molar-refractivity contribution in [3.63, 3.8) is 0 Å². The van der Waals surface area contributed by atoms with Gasteiger partial charge in [0.15, 0.2) is 0 Å². The standard InChI is InChI=1S/C21H21BrClN5O2S/c1-3-12(2)17(25-20(30)24-16-10-5-4-9-15(16)22)18(29)26-21-28-27-19(31-21)13-7-6-8-14(23)11-13/h4-12,17H,3H2,1-2H3,(H2,24,25,30)(H,26,28,29). The largest absolute Gasteiger partial charge is 0.326 e. The summed E-state index contributed by atoms with van der Waals surface area (Å²) < 4.78 is 0.747. The Labute approximate surface area is 197 Å². The molecule has 0 saturated heterocycles. The second kappa shape index (κ2) is 10.7. The number of nitrogens with zero attached hydrogens (tertiary/aromatic N) is 2. The lowest BCUT2D eigenvalue weighted by Crippen LogP contribution is -2.49. The van der Waals surface area contributed by atoms with E-state index in [0.717, 1.165) is 10.0 Å². The van der Waals surface area contributed by atoms with Crippen LogP contribution in [0.2, 0.25) is 5.02 Å². The second-order valence-corrected chi connectivity index (χ2v) is 9.12. The summed E-state index contributed by atoms with van der Waals surface area (Å²) in [5, 5.41) is 18.0. The lowest BCUT2D eigenvalue weighted by atomic mass is 9.98. The number of urea groups is 1. The molecule has 3 rings (SSSR count). The van der Waals surface area contributed by atoms with Gasteiger partial charge < -0.3 is 10.6 Å². The summed E-state index contributed by atoms with van der Waals surface area (Å²) in [5.41, 5.74) is 1.42. The van der Waals surface area contributed by atoms with Crippen LogP contribution in [-0.2, 0) is 4.79 Å². The Kier molecular flexibility index (Phi) is 8.00. The van der Waals surface area contributed by atoms with E-state index in [-0.39, 0.29) is 11.8 Å². The van der Waals surface area contributed by atoms with E-state index in [1.54, 1.807) is 18.2 Å². The predicted molar refractivity (Wildman–Crippen MR) is 129 cm³/mol. The summed E-state index contributed by atoms with van der Waals surface area (Å²) in [6.07, 6.45) is 0.706. The minimum Gasteiger partial charge on any atom is -0.326 e. The number of anilines is 2. The summed E-state index contributed by atoms with van der Waals surface area (Å²) in [5.74, 6) is -0.448. The monoisotopic (exact) mass is 521 g/mol. The Morgan fingerprint density at radius 1 is 1.13 bits per heavy atom. The van der Waals surface area contributed by atoms with Crippen LogP contribution in [0.25, 0.3) is 10.6 Å². The highest BCUT2D eigenvalue weighted by Crippen LogP contribution is 2.28. The van der Waals surface area contributed by atoms with Crippen molar-refractivity contribution < 1.29 is 9.59 Å². The molecule has 7 nitrogen and oxygen atoms in total. The number of carbonyl (C=O) groups excluding carboxylic acids is 2. The van der Waals surface area contributed by atoms with Gasteiger partial charge in [-0.25, -0.2) is 4.79 Å². The number of hydrogen-bond acceptors (Lipinski definition) is 5. The average Bonchev–Trinajstić information content (AvgIpc) is 3.21. The van der Waals surface area contributed by atoms with Crippen LogP contribution in [0.15, 0.2) is 53.0 Å². The molecule has 31 heavy (non-hydrogen) atoms. The van der Waals surface area contributed by atoms with Gasteiger partial charge in [-0.2, -0.15) is 0 Å². The fraction of sp³-hybridized carbons (Fsp3) is 0.238. The van der Waals surface area contributed by atoms with Crippen LogP contribution in [0, 0.1) is 5.92 Å². The van der Waals surface area contributed by atoms with Crippen molar-refractivity contribution in [2.24, 2.45) is 5.92 Å². The number of nitrogens with one attached hydrogen (secondary N) is 3. The van der Waals surface area contributed by atoms with E-state index < -0.39 is 12.1 Å². The van der Waals surface area contributed by atoms with Gasteiger partial charge in [-0.1, -0.05) is 67.5 Å². The van der Waals surface area contributed by atoms with Gasteiger partial charge in [0.2, 0.25) is 11.0 Å². The lowest BCUT2D eigenvalue weighted by Gasteiger charge is -2.23. The van der Waals surface area contributed by atoms with Crippen LogP contribution in [0.5, 0.6) is 0 Å². The molecule has 0 aliphatic heterocycles. The first-order valence-electron chi connectivity index (χ1n) is 9.59. The zero-order valence-corrected chi connectivity index (χ0v) is 20.0. The summed E-state index contributed by atoms with van der Waals surface area (Å²) >= 11 is 10.7. The van der Waals surface area contributed by atoms with Crippen molar-refractivity contribution in [2.75, 3.05) is 10.6 Å². The fourth-order valence-corrected chi connectivity index (χ4v) is 4.08. The highest BCUT2D eigenvalue weighted by atomic mass is 79.9. The molecular weight excluding hydrogens is 502 g/mol. The first-order valence-corrected chi connectivity index (χ1v) is 11.6. The smallest absolute Gasteiger partial charge is 0.319 e. The summed E-state index contributed by atoms with van der Waals surface area (Å²) in [6, 6.07) is 13.3. The molecule has 0 aliphatic rings. The molecule has 162 valence electrons. The van der Waals surface area contributed by atoms with Crippen LogP contribution in [0.4, 0.5) is 15.6 Å². The number of rotatable bonds is 7. The third-order valence-electron chi connectivity index (χ3n) is 4.63.